The minimum absolute atomic E-state index is 0.00995. The molecule has 0 heterocycles. The van der Waals surface area contributed by atoms with Crippen molar-refractivity contribution in [3.05, 3.63) is 23.5 Å². The van der Waals surface area contributed by atoms with Crippen molar-refractivity contribution in [2.24, 2.45) is 0 Å². The first-order chi connectivity index (χ1) is 9.15. The van der Waals surface area contributed by atoms with Gasteiger partial charge in [-0.3, -0.25) is 5.32 Å². The molecule has 1 aromatic carbocycles. The van der Waals surface area contributed by atoms with Gasteiger partial charge in [-0.05, 0) is 32.9 Å². The van der Waals surface area contributed by atoms with Crippen molar-refractivity contribution in [3.8, 4) is 5.75 Å². The second-order valence-corrected chi connectivity index (χ2v) is 4.94. The Morgan fingerprint density at radius 1 is 1.30 bits per heavy atom. The summed E-state index contributed by atoms with van der Waals surface area (Å²) in [6, 6.07) is 2.27. The summed E-state index contributed by atoms with van der Waals surface area (Å²) in [6.45, 7) is 5.04. The Morgan fingerprint density at radius 2 is 1.90 bits per heavy atom. The Balaban J connectivity index is 3.05. The molecule has 0 saturated carbocycles. The van der Waals surface area contributed by atoms with Gasteiger partial charge in [0.2, 0.25) is 0 Å². The van der Waals surface area contributed by atoms with Crippen molar-refractivity contribution in [2.75, 3.05) is 12.4 Å². The van der Waals surface area contributed by atoms with Gasteiger partial charge < -0.3 is 14.6 Å². The summed E-state index contributed by atoms with van der Waals surface area (Å²) in [5.41, 5.74) is -1.27. The van der Waals surface area contributed by atoms with Crippen molar-refractivity contribution < 1.29 is 28.6 Å². The number of ether oxygens (including phenoxy) is 2. The first kappa shape index (κ1) is 15.7. The molecule has 6 nitrogen and oxygen atoms in total. The molecule has 0 aliphatic heterocycles. The minimum atomic E-state index is -1.43. The van der Waals surface area contributed by atoms with Gasteiger partial charge in [-0.15, -0.1) is 0 Å². The van der Waals surface area contributed by atoms with Crippen molar-refractivity contribution in [1.82, 2.24) is 0 Å². The average molecular weight is 285 g/mol. The van der Waals surface area contributed by atoms with E-state index in [4.69, 9.17) is 14.6 Å². The number of amides is 1. The molecule has 1 amide bonds. The van der Waals surface area contributed by atoms with Crippen LogP contribution in [0.2, 0.25) is 0 Å². The number of carbonyl (C=O) groups is 2. The second kappa shape index (κ2) is 5.77. The summed E-state index contributed by atoms with van der Waals surface area (Å²) in [7, 11) is 1.17. The lowest BCUT2D eigenvalue weighted by atomic mass is 10.1. The molecule has 0 aliphatic carbocycles. The Hall–Kier alpha value is -2.31. The van der Waals surface area contributed by atoms with Crippen LogP contribution in [-0.2, 0) is 4.74 Å². The zero-order chi connectivity index (χ0) is 15.5. The third-order valence-electron chi connectivity index (χ3n) is 2.17. The van der Waals surface area contributed by atoms with E-state index >= 15 is 0 Å². The molecule has 110 valence electrons. The van der Waals surface area contributed by atoms with Crippen LogP contribution in [0.15, 0.2) is 12.1 Å². The van der Waals surface area contributed by atoms with E-state index in [9.17, 15) is 14.0 Å². The van der Waals surface area contributed by atoms with Crippen molar-refractivity contribution >= 4 is 17.7 Å². The van der Waals surface area contributed by atoms with Crippen LogP contribution in [0, 0.1) is 5.82 Å². The monoisotopic (exact) mass is 285 g/mol. The predicted octanol–water partition coefficient (Wildman–Crippen LogP) is 2.88. The Bertz CT molecular complexity index is 536. The highest BCUT2D eigenvalue weighted by Crippen LogP contribution is 2.30. The van der Waals surface area contributed by atoms with Crippen LogP contribution in [0.5, 0.6) is 5.75 Å². The first-order valence-electron chi connectivity index (χ1n) is 5.75. The molecule has 20 heavy (non-hydrogen) atoms. The Kier molecular flexibility index (Phi) is 4.54. The molecule has 0 spiro atoms. The van der Waals surface area contributed by atoms with Crippen LogP contribution in [0.3, 0.4) is 0 Å². The molecule has 0 unspecified atom stereocenters. The van der Waals surface area contributed by atoms with Crippen molar-refractivity contribution in [2.45, 2.75) is 26.4 Å². The largest absolute Gasteiger partial charge is 0.492 e. The number of carbonyl (C=O) groups excluding carboxylic acids is 1. The highest BCUT2D eigenvalue weighted by molar-refractivity contribution is 5.92. The molecule has 0 aliphatic rings. The van der Waals surface area contributed by atoms with Gasteiger partial charge in [-0.2, -0.15) is 0 Å². The lowest BCUT2D eigenvalue weighted by molar-refractivity contribution is 0.0634. The average Bonchev–Trinajstić information content (AvgIpc) is 2.26. The van der Waals surface area contributed by atoms with Crippen LogP contribution in [0.1, 0.15) is 31.1 Å². The normalized spacial score (nSPS) is 10.8. The molecule has 0 bridgehead atoms. The number of hydrogen-bond acceptors (Lipinski definition) is 4. The summed E-state index contributed by atoms with van der Waals surface area (Å²) in [5, 5.41) is 11.1. The van der Waals surface area contributed by atoms with Crippen molar-refractivity contribution in [3.63, 3.8) is 0 Å². The number of methoxy groups -OCH3 is 1. The van der Waals surface area contributed by atoms with E-state index in [-0.39, 0.29) is 11.4 Å². The first-order valence-corrected chi connectivity index (χ1v) is 5.75. The van der Waals surface area contributed by atoms with Gasteiger partial charge in [0, 0.05) is 0 Å². The molecule has 0 atom stereocenters. The molecule has 0 fully saturated rings. The van der Waals surface area contributed by atoms with Gasteiger partial charge >= 0.3 is 12.1 Å². The van der Waals surface area contributed by atoms with E-state index in [2.05, 4.69) is 5.32 Å². The molecule has 2 N–H and O–H groups in total. The fourth-order valence-electron chi connectivity index (χ4n) is 1.43. The number of hydrogen-bond donors (Lipinski definition) is 2. The van der Waals surface area contributed by atoms with Crippen molar-refractivity contribution in [1.29, 1.82) is 0 Å². The highest BCUT2D eigenvalue weighted by atomic mass is 19.1. The molecule has 0 radical (unpaired) electrons. The number of aromatic carboxylic acids is 1. The number of benzene rings is 1. The summed E-state index contributed by atoms with van der Waals surface area (Å²) in [5.74, 6) is -2.85. The number of carboxylic acids is 1. The Morgan fingerprint density at radius 3 is 2.35 bits per heavy atom. The quantitative estimate of drug-likeness (QED) is 0.892. The molecule has 0 aromatic heterocycles. The van der Waals surface area contributed by atoms with E-state index in [1.165, 1.54) is 13.2 Å². The van der Waals surface area contributed by atoms with E-state index in [1.54, 1.807) is 20.8 Å². The van der Waals surface area contributed by atoms with E-state index in [0.29, 0.717) is 0 Å². The number of anilines is 1. The van der Waals surface area contributed by atoms with Gasteiger partial charge in [0.15, 0.2) is 11.6 Å². The van der Waals surface area contributed by atoms with E-state index in [1.807, 2.05) is 0 Å². The number of nitrogens with one attached hydrogen (secondary N) is 1. The summed E-state index contributed by atoms with van der Waals surface area (Å²) in [6.07, 6.45) is -0.793. The lowest BCUT2D eigenvalue weighted by Crippen LogP contribution is -2.27. The fourth-order valence-corrected chi connectivity index (χ4v) is 1.43. The summed E-state index contributed by atoms with van der Waals surface area (Å²) in [4.78, 5) is 22.4. The second-order valence-electron chi connectivity index (χ2n) is 4.94. The van der Waals surface area contributed by atoms with Gasteiger partial charge in [-0.25, -0.2) is 14.0 Å². The number of halogens is 1. The zero-order valence-electron chi connectivity index (χ0n) is 11.6. The summed E-state index contributed by atoms with van der Waals surface area (Å²) < 4.78 is 23.7. The van der Waals surface area contributed by atoms with Gasteiger partial charge in [-0.1, -0.05) is 0 Å². The molecule has 1 rings (SSSR count). The van der Waals surface area contributed by atoms with E-state index in [0.717, 1.165) is 6.07 Å². The maximum Gasteiger partial charge on any atom is 0.412 e. The predicted molar refractivity (Wildman–Crippen MR) is 69.8 cm³/mol. The van der Waals surface area contributed by atoms with Crippen LogP contribution < -0.4 is 10.1 Å². The maximum absolute atomic E-state index is 13.9. The summed E-state index contributed by atoms with van der Waals surface area (Å²) >= 11 is 0. The Labute approximate surface area is 115 Å². The molecular formula is C13H16FNO5. The molecule has 1 aromatic rings. The van der Waals surface area contributed by atoms with Crippen LogP contribution in [-0.4, -0.2) is 29.9 Å². The van der Waals surface area contributed by atoms with Crippen LogP contribution in [0.25, 0.3) is 0 Å². The zero-order valence-corrected chi connectivity index (χ0v) is 11.6. The van der Waals surface area contributed by atoms with E-state index < -0.39 is 29.0 Å². The number of rotatable bonds is 3. The maximum atomic E-state index is 13.9. The molecule has 0 saturated heterocycles. The fraction of sp³-hybridized carbons (Fsp3) is 0.385. The van der Waals surface area contributed by atoms with Gasteiger partial charge in [0.05, 0.1) is 18.4 Å². The smallest absolute Gasteiger partial charge is 0.412 e. The topological polar surface area (TPSA) is 84.9 Å². The van der Waals surface area contributed by atoms with Gasteiger partial charge in [0.25, 0.3) is 0 Å². The lowest BCUT2D eigenvalue weighted by Gasteiger charge is -2.20. The minimum Gasteiger partial charge on any atom is -0.492 e. The third-order valence-corrected chi connectivity index (χ3v) is 2.17. The van der Waals surface area contributed by atoms with Crippen LogP contribution in [0.4, 0.5) is 14.9 Å². The highest BCUT2D eigenvalue weighted by Gasteiger charge is 2.22. The number of carboxylic acid groups (broad SMARTS) is 1. The SMILES string of the molecule is COc1c(NC(=O)OC(C)(C)C)ccc(C(=O)O)c1F. The van der Waals surface area contributed by atoms with Crippen LogP contribution >= 0.6 is 0 Å². The van der Waals surface area contributed by atoms with Gasteiger partial charge in [0.1, 0.15) is 5.60 Å². The molecular weight excluding hydrogens is 269 g/mol. The third kappa shape index (κ3) is 3.84. The molecule has 7 heteroatoms. The standard InChI is InChI=1S/C13H16FNO5/c1-13(2,3)20-12(18)15-8-6-5-7(11(16)17)9(14)10(8)19-4/h5-6H,1-4H3,(H,15,18)(H,16,17).